The maximum Gasteiger partial charge on any atom is 0.173 e. The van der Waals surface area contributed by atoms with E-state index in [-0.39, 0.29) is 30.2 Å². The van der Waals surface area contributed by atoms with Gasteiger partial charge in [0.2, 0.25) is 0 Å². The number of Topliss-reactive ketones (excluding diaryl/α,β-unsaturated/α-hetero) is 3. The van der Waals surface area contributed by atoms with Crippen LogP contribution in [0.1, 0.15) is 43.9 Å². The summed E-state index contributed by atoms with van der Waals surface area (Å²) in [6.45, 7) is 0. The molecule has 0 fully saturated rings. The van der Waals surface area contributed by atoms with Crippen molar-refractivity contribution in [3.05, 3.63) is 108 Å². The van der Waals surface area contributed by atoms with E-state index in [0.29, 0.717) is 16.7 Å². The molecule has 3 aromatic carbocycles. The summed E-state index contributed by atoms with van der Waals surface area (Å²) in [7, 11) is 0. The molecule has 0 radical (unpaired) electrons. The van der Waals surface area contributed by atoms with E-state index in [1.807, 2.05) is 18.2 Å². The van der Waals surface area contributed by atoms with E-state index in [2.05, 4.69) is 0 Å². The van der Waals surface area contributed by atoms with Gasteiger partial charge in [-0.1, -0.05) is 91.0 Å². The lowest BCUT2D eigenvalue weighted by Gasteiger charge is -2.15. The molecule has 0 spiro atoms. The molecule has 0 saturated heterocycles. The van der Waals surface area contributed by atoms with E-state index >= 15 is 0 Å². The number of hydrogen-bond acceptors (Lipinski definition) is 3. The van der Waals surface area contributed by atoms with E-state index < -0.39 is 5.92 Å². The fraction of sp³-hybridized carbons (Fsp3) is 0.125. The molecule has 0 aromatic heterocycles. The first-order valence-corrected chi connectivity index (χ1v) is 8.93. The van der Waals surface area contributed by atoms with Gasteiger partial charge in [0.15, 0.2) is 17.3 Å². The molecule has 0 aliphatic carbocycles. The minimum atomic E-state index is -0.873. The highest BCUT2D eigenvalue weighted by atomic mass is 16.2. The molecule has 0 unspecified atom stereocenters. The van der Waals surface area contributed by atoms with E-state index in [4.69, 9.17) is 0 Å². The van der Waals surface area contributed by atoms with Gasteiger partial charge < -0.3 is 0 Å². The average molecular weight is 356 g/mol. The summed E-state index contributed by atoms with van der Waals surface area (Å²) in [6.07, 6.45) is 0.334. The van der Waals surface area contributed by atoms with Crippen LogP contribution in [-0.2, 0) is 0 Å². The van der Waals surface area contributed by atoms with Crippen LogP contribution in [-0.4, -0.2) is 17.3 Å². The zero-order valence-corrected chi connectivity index (χ0v) is 14.9. The summed E-state index contributed by atoms with van der Waals surface area (Å²) < 4.78 is 0. The average Bonchev–Trinajstić information content (AvgIpc) is 2.75. The van der Waals surface area contributed by atoms with E-state index in [1.165, 1.54) is 0 Å². The Kier molecular flexibility index (Phi) is 6.06. The third-order valence-corrected chi connectivity index (χ3v) is 4.51. The predicted octanol–water partition coefficient (Wildman–Crippen LogP) is 5.03. The molecule has 0 amide bonds. The normalized spacial score (nSPS) is 10.6. The van der Waals surface area contributed by atoms with Gasteiger partial charge in [0.05, 0.1) is 5.92 Å². The Bertz CT molecular complexity index is 864. The Morgan fingerprint density at radius 2 is 0.926 bits per heavy atom. The minimum absolute atomic E-state index is 0.0673. The molecule has 3 rings (SSSR count). The largest absolute Gasteiger partial charge is 0.294 e. The second kappa shape index (κ2) is 8.86. The van der Waals surface area contributed by atoms with Crippen molar-refractivity contribution < 1.29 is 14.4 Å². The summed E-state index contributed by atoms with van der Waals surface area (Å²) in [6, 6.07) is 26.5. The molecule has 0 aliphatic heterocycles. The lowest BCUT2D eigenvalue weighted by atomic mass is 9.85. The van der Waals surface area contributed by atoms with Crippen molar-refractivity contribution in [3.63, 3.8) is 0 Å². The van der Waals surface area contributed by atoms with Crippen LogP contribution < -0.4 is 0 Å². The molecule has 0 N–H and O–H groups in total. The summed E-state index contributed by atoms with van der Waals surface area (Å²) >= 11 is 0. The predicted molar refractivity (Wildman–Crippen MR) is 105 cm³/mol. The maximum atomic E-state index is 13.0. The molecule has 0 atom stereocenters. The Balaban J connectivity index is 1.82. The van der Waals surface area contributed by atoms with Crippen molar-refractivity contribution in [2.24, 2.45) is 5.92 Å². The molecule has 0 aliphatic rings. The number of carbonyl (C=O) groups is 3. The summed E-state index contributed by atoms with van der Waals surface area (Å²) in [4.78, 5) is 38.4. The standard InChI is InChI=1S/C24H20O3/c25-22(18-10-4-1-5-11-18)17-16-21(23(26)19-12-6-2-7-13-19)24(27)20-14-8-3-9-15-20/h1-15,21H,16-17H2. The molecule has 0 bridgehead atoms. The Morgan fingerprint density at radius 1 is 0.556 bits per heavy atom. The molecule has 27 heavy (non-hydrogen) atoms. The fourth-order valence-corrected chi connectivity index (χ4v) is 3.03. The lowest BCUT2D eigenvalue weighted by Crippen LogP contribution is -2.25. The molecule has 3 heteroatoms. The second-order valence-electron chi connectivity index (χ2n) is 6.34. The molecule has 3 aromatic rings. The van der Waals surface area contributed by atoms with Gasteiger partial charge in [-0.3, -0.25) is 14.4 Å². The minimum Gasteiger partial charge on any atom is -0.294 e. The molecular formula is C24H20O3. The highest BCUT2D eigenvalue weighted by molar-refractivity contribution is 6.16. The van der Waals surface area contributed by atoms with Gasteiger partial charge in [-0.15, -0.1) is 0 Å². The number of hydrogen-bond donors (Lipinski definition) is 0. The first kappa shape index (κ1) is 18.5. The Labute approximate surface area is 158 Å². The third kappa shape index (κ3) is 4.64. The van der Waals surface area contributed by atoms with Crippen molar-refractivity contribution in [1.29, 1.82) is 0 Å². The van der Waals surface area contributed by atoms with Gasteiger partial charge in [0.1, 0.15) is 0 Å². The second-order valence-corrected chi connectivity index (χ2v) is 6.34. The highest BCUT2D eigenvalue weighted by Gasteiger charge is 2.29. The van der Waals surface area contributed by atoms with E-state index in [9.17, 15) is 14.4 Å². The number of rotatable bonds is 8. The van der Waals surface area contributed by atoms with Gasteiger partial charge in [-0.25, -0.2) is 0 Å². The van der Waals surface area contributed by atoms with Crippen LogP contribution in [0.5, 0.6) is 0 Å². The summed E-state index contributed by atoms with van der Waals surface area (Å²) in [5.74, 6) is -1.43. The van der Waals surface area contributed by atoms with Crippen molar-refractivity contribution in [3.8, 4) is 0 Å². The Morgan fingerprint density at radius 3 is 1.33 bits per heavy atom. The van der Waals surface area contributed by atoms with Crippen molar-refractivity contribution >= 4 is 17.3 Å². The number of carbonyl (C=O) groups excluding carboxylic acids is 3. The van der Waals surface area contributed by atoms with E-state index in [1.54, 1.807) is 72.8 Å². The summed E-state index contributed by atoms with van der Waals surface area (Å²) in [5.41, 5.74) is 1.56. The monoisotopic (exact) mass is 356 g/mol. The quantitative estimate of drug-likeness (QED) is 0.420. The highest BCUT2D eigenvalue weighted by Crippen LogP contribution is 2.21. The first-order valence-electron chi connectivity index (χ1n) is 8.93. The molecular weight excluding hydrogens is 336 g/mol. The van der Waals surface area contributed by atoms with Crippen LogP contribution >= 0.6 is 0 Å². The van der Waals surface area contributed by atoms with Gasteiger partial charge >= 0.3 is 0 Å². The van der Waals surface area contributed by atoms with Crippen LogP contribution in [0.2, 0.25) is 0 Å². The SMILES string of the molecule is O=C(CCC(C(=O)c1ccccc1)C(=O)c1ccccc1)c1ccccc1. The molecule has 0 saturated carbocycles. The lowest BCUT2D eigenvalue weighted by molar-refractivity contribution is 0.0793. The van der Waals surface area contributed by atoms with Crippen LogP contribution in [0.4, 0.5) is 0 Å². The van der Waals surface area contributed by atoms with Crippen LogP contribution in [0.3, 0.4) is 0 Å². The van der Waals surface area contributed by atoms with Gasteiger partial charge in [0.25, 0.3) is 0 Å². The van der Waals surface area contributed by atoms with Gasteiger partial charge in [-0.2, -0.15) is 0 Å². The number of benzene rings is 3. The van der Waals surface area contributed by atoms with Crippen molar-refractivity contribution in [2.75, 3.05) is 0 Å². The van der Waals surface area contributed by atoms with Crippen LogP contribution in [0.15, 0.2) is 91.0 Å². The topological polar surface area (TPSA) is 51.2 Å². The van der Waals surface area contributed by atoms with Gasteiger partial charge in [0, 0.05) is 23.1 Å². The van der Waals surface area contributed by atoms with E-state index in [0.717, 1.165) is 0 Å². The maximum absolute atomic E-state index is 13.0. The van der Waals surface area contributed by atoms with Crippen molar-refractivity contribution in [2.45, 2.75) is 12.8 Å². The number of ketones is 3. The molecule has 3 nitrogen and oxygen atoms in total. The first-order chi connectivity index (χ1) is 13.2. The van der Waals surface area contributed by atoms with Gasteiger partial charge in [-0.05, 0) is 6.42 Å². The zero-order valence-electron chi connectivity index (χ0n) is 14.9. The van der Waals surface area contributed by atoms with Crippen LogP contribution in [0, 0.1) is 5.92 Å². The molecule has 134 valence electrons. The molecule has 0 heterocycles. The fourth-order valence-electron chi connectivity index (χ4n) is 3.03. The van der Waals surface area contributed by atoms with Crippen LogP contribution in [0.25, 0.3) is 0 Å². The summed E-state index contributed by atoms with van der Waals surface area (Å²) in [5, 5.41) is 0. The van der Waals surface area contributed by atoms with Crippen molar-refractivity contribution in [1.82, 2.24) is 0 Å². The smallest absolute Gasteiger partial charge is 0.173 e. The Hall–Kier alpha value is -3.33. The third-order valence-electron chi connectivity index (χ3n) is 4.51. The zero-order chi connectivity index (χ0) is 19.1.